The van der Waals surface area contributed by atoms with E-state index < -0.39 is 0 Å². The van der Waals surface area contributed by atoms with Gasteiger partial charge in [-0.15, -0.1) is 11.6 Å². The van der Waals surface area contributed by atoms with Crippen LogP contribution < -0.4 is 4.74 Å². The van der Waals surface area contributed by atoms with Crippen LogP contribution in [0.15, 0.2) is 78.9 Å². The van der Waals surface area contributed by atoms with Crippen molar-refractivity contribution in [2.24, 2.45) is 0 Å². The Balaban J connectivity index is 1.72. The number of carbonyl (C=O) groups is 1. The molecule has 0 aliphatic carbocycles. The smallest absolute Gasteiger partial charge is 0.340 e. The number of esters is 1. The number of nitrogens with zero attached hydrogens (tertiary/aromatic N) is 1. The second-order valence-electron chi connectivity index (χ2n) is 7.31. The Hall–Kier alpha value is -3.24. The van der Waals surface area contributed by atoms with Crippen molar-refractivity contribution in [2.75, 3.05) is 12.5 Å². The summed E-state index contributed by atoms with van der Waals surface area (Å²) in [5.74, 6) is 0.743. The lowest BCUT2D eigenvalue weighted by molar-refractivity contribution is 0.0474. The number of alkyl halides is 1. The third-order valence-corrected chi connectivity index (χ3v) is 5.40. The molecule has 4 rings (SSSR count). The lowest BCUT2D eigenvalue weighted by Crippen LogP contribution is -2.08. The van der Waals surface area contributed by atoms with Crippen LogP contribution in [-0.4, -0.2) is 23.0 Å². The van der Waals surface area contributed by atoms with Crippen LogP contribution in [0.1, 0.15) is 27.2 Å². The van der Waals surface area contributed by atoms with Gasteiger partial charge in [0, 0.05) is 23.1 Å². The van der Waals surface area contributed by atoms with Gasteiger partial charge in [0.2, 0.25) is 0 Å². The molecule has 158 valence electrons. The minimum atomic E-state index is -0.340. The van der Waals surface area contributed by atoms with Crippen LogP contribution in [0, 0.1) is 6.92 Å². The minimum Gasteiger partial charge on any atom is -0.492 e. The highest BCUT2D eigenvalue weighted by molar-refractivity contribution is 6.18. The molecule has 3 aromatic carbocycles. The van der Waals surface area contributed by atoms with E-state index in [1.54, 1.807) is 0 Å². The van der Waals surface area contributed by atoms with Crippen molar-refractivity contribution in [2.45, 2.75) is 20.1 Å². The van der Waals surface area contributed by atoms with Gasteiger partial charge in [-0.05, 0) is 36.2 Å². The lowest BCUT2D eigenvalue weighted by atomic mass is 10.1. The van der Waals surface area contributed by atoms with Crippen LogP contribution in [0.3, 0.4) is 0 Å². The first-order valence-corrected chi connectivity index (χ1v) is 10.8. The summed E-state index contributed by atoms with van der Waals surface area (Å²) >= 11 is 5.77. The van der Waals surface area contributed by atoms with Crippen LogP contribution in [0.5, 0.6) is 5.75 Å². The Morgan fingerprint density at radius 3 is 2.29 bits per heavy atom. The fourth-order valence-electron chi connectivity index (χ4n) is 3.73. The molecule has 0 spiro atoms. The van der Waals surface area contributed by atoms with E-state index in [-0.39, 0.29) is 12.6 Å². The summed E-state index contributed by atoms with van der Waals surface area (Å²) in [6.45, 7) is 3.26. The van der Waals surface area contributed by atoms with Gasteiger partial charge in [-0.3, -0.25) is 0 Å². The van der Waals surface area contributed by atoms with Gasteiger partial charge in [-0.25, -0.2) is 4.79 Å². The maximum atomic E-state index is 13.1. The van der Waals surface area contributed by atoms with Gasteiger partial charge in [0.15, 0.2) is 0 Å². The van der Waals surface area contributed by atoms with Crippen LogP contribution in [-0.2, 0) is 17.9 Å². The average Bonchev–Trinajstić information content (AvgIpc) is 3.08. The topological polar surface area (TPSA) is 40.5 Å². The fourth-order valence-corrected chi connectivity index (χ4v) is 3.81. The van der Waals surface area contributed by atoms with E-state index in [0.717, 1.165) is 27.7 Å². The van der Waals surface area contributed by atoms with E-state index in [1.165, 1.54) is 0 Å². The number of hydrogen-bond donors (Lipinski definition) is 0. The fraction of sp³-hybridized carbons (Fsp3) is 0.192. The summed E-state index contributed by atoms with van der Waals surface area (Å²) in [5, 5.41) is 0.818. The Labute approximate surface area is 187 Å². The molecule has 0 amide bonds. The maximum absolute atomic E-state index is 13.1. The summed E-state index contributed by atoms with van der Waals surface area (Å²) in [6.07, 6.45) is 0. The van der Waals surface area contributed by atoms with Crippen molar-refractivity contribution in [1.29, 1.82) is 0 Å². The normalized spacial score (nSPS) is 10.9. The van der Waals surface area contributed by atoms with Crippen LogP contribution >= 0.6 is 11.6 Å². The first-order valence-electron chi connectivity index (χ1n) is 10.2. The van der Waals surface area contributed by atoms with E-state index >= 15 is 0 Å². The van der Waals surface area contributed by atoms with Gasteiger partial charge in [-0.1, -0.05) is 60.7 Å². The van der Waals surface area contributed by atoms with E-state index in [0.29, 0.717) is 30.3 Å². The molecular weight excluding hydrogens is 410 g/mol. The molecule has 1 heterocycles. The zero-order valence-corrected chi connectivity index (χ0v) is 18.1. The van der Waals surface area contributed by atoms with E-state index in [9.17, 15) is 4.79 Å². The summed E-state index contributed by atoms with van der Waals surface area (Å²) in [6, 6.07) is 25.7. The summed E-state index contributed by atoms with van der Waals surface area (Å²) in [7, 11) is 0. The number of ether oxygens (including phenoxy) is 2. The molecule has 0 saturated carbocycles. The molecular formula is C26H24ClNO3. The number of aromatic nitrogens is 1. The molecule has 1 aromatic heterocycles. The Kier molecular flexibility index (Phi) is 6.58. The molecule has 0 fully saturated rings. The number of rotatable bonds is 8. The standard InChI is InChI=1S/C26H24ClNO3/c1-19-25(26(29)31-18-21-10-6-3-7-11-21)23-16-22(30-15-14-27)12-13-24(23)28(19)17-20-8-4-2-5-9-20/h2-13,16H,14-15,17-18H2,1H3. The molecule has 4 aromatic rings. The summed E-state index contributed by atoms with van der Waals surface area (Å²) in [5.41, 5.74) is 4.51. The van der Waals surface area contributed by atoms with E-state index in [1.807, 2.05) is 73.7 Å². The second-order valence-corrected chi connectivity index (χ2v) is 7.69. The average molecular weight is 434 g/mol. The summed E-state index contributed by atoms with van der Waals surface area (Å²) in [4.78, 5) is 13.1. The number of benzene rings is 3. The van der Waals surface area contributed by atoms with Crippen molar-refractivity contribution in [3.05, 3.63) is 101 Å². The number of fused-ring (bicyclic) bond motifs is 1. The summed E-state index contributed by atoms with van der Waals surface area (Å²) < 4.78 is 13.5. The molecule has 0 aliphatic heterocycles. The third kappa shape index (κ3) is 4.75. The van der Waals surface area contributed by atoms with Gasteiger partial charge in [0.25, 0.3) is 0 Å². The third-order valence-electron chi connectivity index (χ3n) is 5.24. The van der Waals surface area contributed by atoms with Crippen molar-refractivity contribution in [3.63, 3.8) is 0 Å². The van der Waals surface area contributed by atoms with Crippen molar-refractivity contribution < 1.29 is 14.3 Å². The molecule has 4 nitrogen and oxygen atoms in total. The Morgan fingerprint density at radius 1 is 0.935 bits per heavy atom. The first kappa shape index (κ1) is 21.0. The minimum absolute atomic E-state index is 0.229. The number of halogens is 1. The molecule has 5 heteroatoms. The Morgan fingerprint density at radius 2 is 1.61 bits per heavy atom. The van der Waals surface area contributed by atoms with Gasteiger partial charge in [0.1, 0.15) is 19.0 Å². The van der Waals surface area contributed by atoms with Crippen LogP contribution in [0.2, 0.25) is 0 Å². The highest BCUT2D eigenvalue weighted by Crippen LogP contribution is 2.31. The zero-order valence-electron chi connectivity index (χ0n) is 17.4. The first-order chi connectivity index (χ1) is 15.2. The molecule has 0 atom stereocenters. The van der Waals surface area contributed by atoms with E-state index in [4.69, 9.17) is 21.1 Å². The largest absolute Gasteiger partial charge is 0.492 e. The molecule has 0 bridgehead atoms. The van der Waals surface area contributed by atoms with Crippen molar-refractivity contribution >= 4 is 28.5 Å². The molecule has 0 saturated heterocycles. The predicted molar refractivity (Wildman–Crippen MR) is 124 cm³/mol. The lowest BCUT2D eigenvalue weighted by Gasteiger charge is -2.09. The molecule has 0 N–H and O–H groups in total. The zero-order chi connectivity index (χ0) is 21.6. The van der Waals surface area contributed by atoms with Crippen LogP contribution in [0.4, 0.5) is 0 Å². The highest BCUT2D eigenvalue weighted by Gasteiger charge is 2.22. The molecule has 31 heavy (non-hydrogen) atoms. The SMILES string of the molecule is Cc1c(C(=O)OCc2ccccc2)c2cc(OCCCl)ccc2n1Cc1ccccc1. The predicted octanol–water partition coefficient (Wildman–Crippen LogP) is 5.97. The monoisotopic (exact) mass is 433 g/mol. The van der Waals surface area contributed by atoms with Gasteiger partial charge >= 0.3 is 5.97 Å². The van der Waals surface area contributed by atoms with E-state index in [2.05, 4.69) is 16.7 Å². The van der Waals surface area contributed by atoms with Crippen molar-refractivity contribution in [3.8, 4) is 5.75 Å². The van der Waals surface area contributed by atoms with Gasteiger partial charge in [0.05, 0.1) is 11.4 Å². The second kappa shape index (κ2) is 9.71. The molecule has 0 unspecified atom stereocenters. The molecule has 0 aliphatic rings. The van der Waals surface area contributed by atoms with Crippen molar-refractivity contribution in [1.82, 2.24) is 4.57 Å². The number of carbonyl (C=O) groups excluding carboxylic acids is 1. The highest BCUT2D eigenvalue weighted by atomic mass is 35.5. The quantitative estimate of drug-likeness (QED) is 0.254. The molecule has 0 radical (unpaired) electrons. The Bertz CT molecular complexity index is 1170. The van der Waals surface area contributed by atoms with Gasteiger partial charge in [-0.2, -0.15) is 0 Å². The maximum Gasteiger partial charge on any atom is 0.340 e. The van der Waals surface area contributed by atoms with Crippen LogP contribution in [0.25, 0.3) is 10.9 Å². The number of hydrogen-bond acceptors (Lipinski definition) is 3. The van der Waals surface area contributed by atoms with Gasteiger partial charge < -0.3 is 14.0 Å².